The second kappa shape index (κ2) is 5.00. The van der Waals surface area contributed by atoms with Crippen molar-refractivity contribution in [2.24, 2.45) is 11.7 Å². The van der Waals surface area contributed by atoms with Crippen LogP contribution in [0.2, 0.25) is 0 Å². The summed E-state index contributed by atoms with van der Waals surface area (Å²) in [4.78, 5) is 0. The van der Waals surface area contributed by atoms with E-state index in [1.165, 1.54) is 12.1 Å². The van der Waals surface area contributed by atoms with Crippen molar-refractivity contribution in [2.75, 3.05) is 0 Å². The summed E-state index contributed by atoms with van der Waals surface area (Å²) in [6.07, 6.45) is 2.60. The standard InChI is InChI=1S/C13H17F2NO/c1-8-2-4-11(16)13(6-8)17-12-5-3-9(14)7-10(12)15/h3,5,7-8,11,13H,2,4,6,16H2,1H3. The third-order valence-electron chi connectivity index (χ3n) is 3.28. The van der Waals surface area contributed by atoms with E-state index in [0.717, 1.165) is 25.3 Å². The van der Waals surface area contributed by atoms with Gasteiger partial charge in [0.2, 0.25) is 0 Å². The first kappa shape index (κ1) is 12.3. The predicted molar refractivity (Wildman–Crippen MR) is 61.8 cm³/mol. The van der Waals surface area contributed by atoms with Crippen molar-refractivity contribution < 1.29 is 13.5 Å². The molecule has 17 heavy (non-hydrogen) atoms. The minimum atomic E-state index is -0.671. The summed E-state index contributed by atoms with van der Waals surface area (Å²) < 4.78 is 31.7. The maximum atomic E-state index is 13.4. The zero-order chi connectivity index (χ0) is 12.4. The van der Waals surface area contributed by atoms with Gasteiger partial charge in [0.1, 0.15) is 11.9 Å². The lowest BCUT2D eigenvalue weighted by Crippen LogP contribution is -2.43. The molecule has 0 aromatic heterocycles. The van der Waals surface area contributed by atoms with Gasteiger partial charge in [0, 0.05) is 12.1 Å². The largest absolute Gasteiger partial charge is 0.486 e. The third-order valence-corrected chi connectivity index (χ3v) is 3.28. The van der Waals surface area contributed by atoms with E-state index < -0.39 is 11.6 Å². The molecule has 0 heterocycles. The summed E-state index contributed by atoms with van der Waals surface area (Å²) >= 11 is 0. The maximum absolute atomic E-state index is 13.4. The van der Waals surface area contributed by atoms with Crippen LogP contribution in [0.3, 0.4) is 0 Å². The van der Waals surface area contributed by atoms with E-state index >= 15 is 0 Å². The second-order valence-electron chi connectivity index (χ2n) is 4.81. The van der Waals surface area contributed by atoms with Crippen LogP contribution in [0.4, 0.5) is 8.78 Å². The monoisotopic (exact) mass is 241 g/mol. The number of nitrogens with two attached hydrogens (primary N) is 1. The lowest BCUT2D eigenvalue weighted by Gasteiger charge is -2.32. The highest BCUT2D eigenvalue weighted by molar-refractivity contribution is 5.25. The van der Waals surface area contributed by atoms with Crippen LogP contribution in [0.25, 0.3) is 0 Å². The van der Waals surface area contributed by atoms with E-state index in [0.29, 0.717) is 5.92 Å². The molecule has 1 fully saturated rings. The molecule has 2 nitrogen and oxygen atoms in total. The number of hydrogen-bond acceptors (Lipinski definition) is 2. The lowest BCUT2D eigenvalue weighted by molar-refractivity contribution is 0.103. The van der Waals surface area contributed by atoms with Crippen LogP contribution in [-0.4, -0.2) is 12.1 Å². The quantitative estimate of drug-likeness (QED) is 0.864. The zero-order valence-corrected chi connectivity index (χ0v) is 9.83. The van der Waals surface area contributed by atoms with Crippen LogP contribution in [0.15, 0.2) is 18.2 Å². The van der Waals surface area contributed by atoms with E-state index in [1.54, 1.807) is 0 Å². The highest BCUT2D eigenvalue weighted by Crippen LogP contribution is 2.28. The van der Waals surface area contributed by atoms with Crippen LogP contribution in [0.1, 0.15) is 26.2 Å². The molecule has 1 aromatic rings. The van der Waals surface area contributed by atoms with Gasteiger partial charge < -0.3 is 10.5 Å². The van der Waals surface area contributed by atoms with Crippen LogP contribution < -0.4 is 10.5 Å². The van der Waals surface area contributed by atoms with Gasteiger partial charge in [-0.3, -0.25) is 0 Å². The summed E-state index contributed by atoms with van der Waals surface area (Å²) in [7, 11) is 0. The predicted octanol–water partition coefficient (Wildman–Crippen LogP) is 2.86. The van der Waals surface area contributed by atoms with Gasteiger partial charge in [-0.1, -0.05) is 6.92 Å². The Morgan fingerprint density at radius 2 is 2.06 bits per heavy atom. The average molecular weight is 241 g/mol. The summed E-state index contributed by atoms with van der Waals surface area (Å²) in [6, 6.07) is 3.26. The molecule has 1 aliphatic rings. The summed E-state index contributed by atoms with van der Waals surface area (Å²) in [5, 5.41) is 0. The third kappa shape index (κ3) is 2.94. The molecule has 0 aliphatic heterocycles. The van der Waals surface area contributed by atoms with Crippen molar-refractivity contribution in [1.82, 2.24) is 0 Å². The lowest BCUT2D eigenvalue weighted by atomic mass is 9.85. The number of ether oxygens (including phenoxy) is 1. The van der Waals surface area contributed by atoms with E-state index in [-0.39, 0.29) is 17.9 Å². The van der Waals surface area contributed by atoms with Crippen LogP contribution in [-0.2, 0) is 0 Å². The highest BCUT2D eigenvalue weighted by atomic mass is 19.1. The normalized spacial score (nSPS) is 29.1. The van der Waals surface area contributed by atoms with Gasteiger partial charge in [-0.2, -0.15) is 0 Å². The first-order chi connectivity index (χ1) is 8.06. The Balaban J connectivity index is 2.08. The van der Waals surface area contributed by atoms with Crippen molar-refractivity contribution >= 4 is 0 Å². The van der Waals surface area contributed by atoms with Crippen LogP contribution >= 0.6 is 0 Å². The summed E-state index contributed by atoms with van der Waals surface area (Å²) in [5.74, 6) is -0.657. The van der Waals surface area contributed by atoms with Crippen molar-refractivity contribution in [2.45, 2.75) is 38.3 Å². The first-order valence-electron chi connectivity index (χ1n) is 5.93. The smallest absolute Gasteiger partial charge is 0.167 e. The molecule has 0 amide bonds. The van der Waals surface area contributed by atoms with Gasteiger partial charge in [-0.25, -0.2) is 8.78 Å². The molecular formula is C13H17F2NO. The van der Waals surface area contributed by atoms with E-state index in [1.807, 2.05) is 0 Å². The molecule has 1 aliphatic carbocycles. The molecule has 2 N–H and O–H groups in total. The van der Waals surface area contributed by atoms with Crippen molar-refractivity contribution in [3.8, 4) is 5.75 Å². The second-order valence-corrected chi connectivity index (χ2v) is 4.81. The topological polar surface area (TPSA) is 35.2 Å². The van der Waals surface area contributed by atoms with Crippen LogP contribution in [0, 0.1) is 17.6 Å². The fourth-order valence-corrected chi connectivity index (χ4v) is 2.22. The van der Waals surface area contributed by atoms with Gasteiger partial charge in [0.05, 0.1) is 0 Å². The molecule has 94 valence electrons. The van der Waals surface area contributed by atoms with Crippen molar-refractivity contribution in [1.29, 1.82) is 0 Å². The molecule has 0 bridgehead atoms. The fraction of sp³-hybridized carbons (Fsp3) is 0.538. The Morgan fingerprint density at radius 3 is 2.76 bits per heavy atom. The van der Waals surface area contributed by atoms with Gasteiger partial charge in [-0.05, 0) is 37.3 Å². The Hall–Kier alpha value is -1.16. The molecular weight excluding hydrogens is 224 g/mol. The molecule has 2 rings (SSSR count). The summed E-state index contributed by atoms with van der Waals surface area (Å²) in [5.41, 5.74) is 5.95. The van der Waals surface area contributed by atoms with E-state index in [2.05, 4.69) is 6.92 Å². The number of rotatable bonds is 2. The molecule has 4 heteroatoms. The molecule has 1 saturated carbocycles. The Kier molecular flexibility index (Phi) is 3.62. The van der Waals surface area contributed by atoms with Gasteiger partial charge in [0.15, 0.2) is 11.6 Å². The Morgan fingerprint density at radius 1 is 1.29 bits per heavy atom. The molecule has 3 unspecified atom stereocenters. The van der Waals surface area contributed by atoms with Crippen LogP contribution in [0.5, 0.6) is 5.75 Å². The molecule has 0 saturated heterocycles. The van der Waals surface area contributed by atoms with Gasteiger partial charge in [-0.15, -0.1) is 0 Å². The van der Waals surface area contributed by atoms with Crippen molar-refractivity contribution in [3.05, 3.63) is 29.8 Å². The fourth-order valence-electron chi connectivity index (χ4n) is 2.22. The summed E-state index contributed by atoms with van der Waals surface area (Å²) in [6.45, 7) is 2.13. The molecule has 0 radical (unpaired) electrons. The Bertz CT molecular complexity index is 397. The SMILES string of the molecule is CC1CCC(N)C(Oc2ccc(F)cc2F)C1. The van der Waals surface area contributed by atoms with Gasteiger partial charge in [0.25, 0.3) is 0 Å². The number of halogens is 2. The van der Waals surface area contributed by atoms with Gasteiger partial charge >= 0.3 is 0 Å². The van der Waals surface area contributed by atoms with Crippen molar-refractivity contribution in [3.63, 3.8) is 0 Å². The molecule has 0 spiro atoms. The highest BCUT2D eigenvalue weighted by Gasteiger charge is 2.28. The number of hydrogen-bond donors (Lipinski definition) is 1. The van der Waals surface area contributed by atoms with E-state index in [4.69, 9.17) is 10.5 Å². The minimum Gasteiger partial charge on any atom is -0.486 e. The maximum Gasteiger partial charge on any atom is 0.167 e. The first-order valence-corrected chi connectivity index (χ1v) is 5.93. The zero-order valence-electron chi connectivity index (χ0n) is 9.83. The Labute approximate surface area is 99.8 Å². The number of benzene rings is 1. The van der Waals surface area contributed by atoms with E-state index in [9.17, 15) is 8.78 Å². The molecule has 1 aromatic carbocycles. The minimum absolute atomic E-state index is 0.0735. The molecule has 3 atom stereocenters. The average Bonchev–Trinajstić information content (AvgIpc) is 2.27.